The fourth-order valence-corrected chi connectivity index (χ4v) is 1.48. The van der Waals surface area contributed by atoms with Crippen LogP contribution in [0.1, 0.15) is 30.7 Å². The van der Waals surface area contributed by atoms with Gasteiger partial charge in [0.15, 0.2) is 0 Å². The minimum Gasteiger partial charge on any atom is -0.429 e. The molecule has 0 fully saturated rings. The van der Waals surface area contributed by atoms with Crippen LogP contribution < -0.4 is 0 Å². The summed E-state index contributed by atoms with van der Waals surface area (Å²) < 4.78 is 1.22. The van der Waals surface area contributed by atoms with Crippen LogP contribution >= 0.6 is 0 Å². The smallest absolute Gasteiger partial charge is 0.0570 e. The Kier molecular flexibility index (Phi) is 2.22. The zero-order valence-electron chi connectivity index (χ0n) is 7.39. The van der Waals surface area contributed by atoms with Crippen molar-refractivity contribution in [1.29, 1.82) is 0 Å². The molecule has 0 amide bonds. The van der Waals surface area contributed by atoms with Crippen LogP contribution in [0.2, 0.25) is 0 Å². The minimum absolute atomic E-state index is 0.976. The van der Waals surface area contributed by atoms with Crippen molar-refractivity contribution in [3.8, 4) is 0 Å². The first-order chi connectivity index (χ1) is 5.20. The Morgan fingerprint density at radius 1 is 1.36 bits per heavy atom. The molecule has 0 radical (unpaired) electrons. The molecule has 1 heterocycles. The minimum atomic E-state index is 0.976. The summed E-state index contributed by atoms with van der Waals surface area (Å²) in [5.41, 5.74) is 3.52. The number of aromatic nitrogens is 1. The van der Waals surface area contributed by atoms with E-state index in [1.165, 1.54) is 15.9 Å². The van der Waals surface area contributed by atoms with E-state index in [2.05, 4.69) is 13.8 Å². The van der Waals surface area contributed by atoms with Crippen molar-refractivity contribution < 1.29 is 5.21 Å². The molecule has 11 heavy (non-hydrogen) atoms. The maximum absolute atomic E-state index is 9.30. The predicted octanol–water partition coefficient (Wildman–Crippen LogP) is 2.16. The number of rotatable bonds is 2. The molecule has 0 aliphatic carbocycles. The molecule has 62 valence electrons. The third-order valence-electron chi connectivity index (χ3n) is 2.18. The lowest BCUT2D eigenvalue weighted by atomic mass is 10.1. The Bertz CT molecular complexity index is 250. The Labute approximate surface area is 67.4 Å². The Balaban J connectivity index is 3.15. The van der Waals surface area contributed by atoms with E-state index in [4.69, 9.17) is 0 Å². The van der Waals surface area contributed by atoms with E-state index in [9.17, 15) is 5.21 Å². The second-order valence-corrected chi connectivity index (χ2v) is 2.77. The van der Waals surface area contributed by atoms with E-state index in [1.54, 1.807) is 6.20 Å². The first-order valence-electron chi connectivity index (χ1n) is 4.09. The molecule has 1 aromatic rings. The Hall–Kier alpha value is -0.920. The van der Waals surface area contributed by atoms with Crippen molar-refractivity contribution >= 4 is 0 Å². The van der Waals surface area contributed by atoms with Gasteiger partial charge in [-0.15, -0.1) is 0 Å². The van der Waals surface area contributed by atoms with Gasteiger partial charge in [-0.05, 0) is 30.9 Å². The van der Waals surface area contributed by atoms with Crippen LogP contribution in [0.15, 0.2) is 6.20 Å². The van der Waals surface area contributed by atoms with Crippen molar-refractivity contribution in [3.63, 3.8) is 0 Å². The zero-order chi connectivity index (χ0) is 8.43. The molecule has 0 saturated heterocycles. The summed E-state index contributed by atoms with van der Waals surface area (Å²) in [6.07, 6.45) is 3.80. The van der Waals surface area contributed by atoms with Gasteiger partial charge in [0.05, 0.1) is 5.69 Å². The Morgan fingerprint density at radius 2 is 2.00 bits per heavy atom. The molecule has 1 N–H and O–H groups in total. The van der Waals surface area contributed by atoms with Gasteiger partial charge >= 0.3 is 0 Å². The predicted molar refractivity (Wildman–Crippen MR) is 45.1 cm³/mol. The van der Waals surface area contributed by atoms with E-state index >= 15 is 0 Å². The summed E-state index contributed by atoms with van der Waals surface area (Å²) in [4.78, 5) is 0. The average Bonchev–Trinajstić information content (AvgIpc) is 2.28. The number of aryl methyl sites for hydroxylation is 1. The quantitative estimate of drug-likeness (QED) is 0.647. The fraction of sp³-hybridized carbons (Fsp3) is 0.556. The summed E-state index contributed by atoms with van der Waals surface area (Å²) in [5, 5.41) is 9.30. The van der Waals surface area contributed by atoms with Gasteiger partial charge in [-0.1, -0.05) is 13.8 Å². The highest BCUT2D eigenvalue weighted by Crippen LogP contribution is 2.16. The molecular formula is C9H15NO. The van der Waals surface area contributed by atoms with Crippen LogP contribution in [-0.2, 0) is 12.8 Å². The van der Waals surface area contributed by atoms with Gasteiger partial charge in [0.1, 0.15) is 0 Å². The maximum atomic E-state index is 9.30. The third-order valence-corrected chi connectivity index (χ3v) is 2.18. The standard InChI is InChI=1S/C9H15NO/c1-4-8-6-10(11)7(3)9(8)5-2/h6,11H,4-5H2,1-3H3. The molecule has 0 atom stereocenters. The highest BCUT2D eigenvalue weighted by atomic mass is 16.5. The van der Waals surface area contributed by atoms with E-state index < -0.39 is 0 Å². The van der Waals surface area contributed by atoms with Gasteiger partial charge in [0.2, 0.25) is 0 Å². The summed E-state index contributed by atoms with van der Waals surface area (Å²) in [7, 11) is 0. The molecule has 0 unspecified atom stereocenters. The van der Waals surface area contributed by atoms with Crippen LogP contribution in [0.25, 0.3) is 0 Å². The number of nitrogens with zero attached hydrogens (tertiary/aromatic N) is 1. The first kappa shape index (κ1) is 8.18. The SMILES string of the molecule is CCc1cn(O)c(C)c1CC. The van der Waals surface area contributed by atoms with E-state index in [0.29, 0.717) is 0 Å². The molecule has 0 aliphatic rings. The molecule has 2 nitrogen and oxygen atoms in total. The lowest BCUT2D eigenvalue weighted by Crippen LogP contribution is -1.91. The van der Waals surface area contributed by atoms with Crippen LogP contribution in [0, 0.1) is 6.92 Å². The van der Waals surface area contributed by atoms with Gasteiger partial charge in [0.25, 0.3) is 0 Å². The first-order valence-corrected chi connectivity index (χ1v) is 4.09. The van der Waals surface area contributed by atoms with Crippen molar-refractivity contribution in [2.45, 2.75) is 33.6 Å². The maximum Gasteiger partial charge on any atom is 0.0570 e. The van der Waals surface area contributed by atoms with Gasteiger partial charge in [-0.2, -0.15) is 4.73 Å². The molecule has 0 aromatic carbocycles. The summed E-state index contributed by atoms with van der Waals surface area (Å²) in [5.74, 6) is 0. The van der Waals surface area contributed by atoms with E-state index in [0.717, 1.165) is 18.5 Å². The molecular weight excluding hydrogens is 138 g/mol. The molecule has 0 spiro atoms. The molecule has 0 bridgehead atoms. The number of hydrogen-bond donors (Lipinski definition) is 1. The normalized spacial score (nSPS) is 10.5. The van der Waals surface area contributed by atoms with Gasteiger partial charge in [-0.25, -0.2) is 0 Å². The van der Waals surface area contributed by atoms with Gasteiger partial charge in [-0.3, -0.25) is 0 Å². The van der Waals surface area contributed by atoms with Crippen molar-refractivity contribution in [2.75, 3.05) is 0 Å². The molecule has 1 rings (SSSR count). The second-order valence-electron chi connectivity index (χ2n) is 2.77. The van der Waals surface area contributed by atoms with Gasteiger partial charge < -0.3 is 5.21 Å². The monoisotopic (exact) mass is 153 g/mol. The lowest BCUT2D eigenvalue weighted by molar-refractivity contribution is 0.180. The third kappa shape index (κ3) is 1.25. The second kappa shape index (κ2) is 2.99. The lowest BCUT2D eigenvalue weighted by Gasteiger charge is -1.97. The molecule has 0 aliphatic heterocycles. The van der Waals surface area contributed by atoms with Crippen LogP contribution in [0.4, 0.5) is 0 Å². The molecule has 2 heteroatoms. The van der Waals surface area contributed by atoms with E-state index in [-0.39, 0.29) is 0 Å². The Morgan fingerprint density at radius 3 is 2.36 bits per heavy atom. The van der Waals surface area contributed by atoms with Crippen LogP contribution in [0.3, 0.4) is 0 Å². The average molecular weight is 153 g/mol. The zero-order valence-corrected chi connectivity index (χ0v) is 7.39. The number of hydrogen-bond acceptors (Lipinski definition) is 1. The van der Waals surface area contributed by atoms with Gasteiger partial charge in [0, 0.05) is 6.20 Å². The summed E-state index contributed by atoms with van der Waals surface area (Å²) in [6, 6.07) is 0. The van der Waals surface area contributed by atoms with Crippen molar-refractivity contribution in [1.82, 2.24) is 4.73 Å². The topological polar surface area (TPSA) is 25.2 Å². The fourth-order valence-electron chi connectivity index (χ4n) is 1.48. The highest BCUT2D eigenvalue weighted by Gasteiger charge is 2.07. The molecule has 0 saturated carbocycles. The highest BCUT2D eigenvalue weighted by molar-refractivity contribution is 5.30. The van der Waals surface area contributed by atoms with Crippen LogP contribution in [0.5, 0.6) is 0 Å². The van der Waals surface area contributed by atoms with E-state index in [1.807, 2.05) is 6.92 Å². The summed E-state index contributed by atoms with van der Waals surface area (Å²) >= 11 is 0. The summed E-state index contributed by atoms with van der Waals surface area (Å²) in [6.45, 7) is 6.16. The van der Waals surface area contributed by atoms with Crippen molar-refractivity contribution in [2.24, 2.45) is 0 Å². The van der Waals surface area contributed by atoms with Crippen LogP contribution in [-0.4, -0.2) is 9.94 Å². The molecule has 1 aromatic heterocycles. The largest absolute Gasteiger partial charge is 0.429 e. The van der Waals surface area contributed by atoms with Crippen molar-refractivity contribution in [3.05, 3.63) is 23.0 Å².